The van der Waals surface area contributed by atoms with Crippen LogP contribution in [0.25, 0.3) is 11.3 Å². The average molecular weight is 322 g/mol. The largest absolute Gasteiger partial charge is 0.496 e. The number of hydrogen-bond acceptors (Lipinski definition) is 3. The van der Waals surface area contributed by atoms with Gasteiger partial charge in [0.2, 0.25) is 0 Å². The lowest BCUT2D eigenvalue weighted by atomic mass is 9.94. The van der Waals surface area contributed by atoms with Crippen molar-refractivity contribution in [1.29, 1.82) is 0 Å². The van der Waals surface area contributed by atoms with Crippen LogP contribution in [0.3, 0.4) is 0 Å². The highest BCUT2D eigenvalue weighted by Crippen LogP contribution is 2.37. The summed E-state index contributed by atoms with van der Waals surface area (Å²) in [7, 11) is 1.67. The molecule has 4 rings (SSSR count). The molecule has 24 heavy (non-hydrogen) atoms. The Morgan fingerprint density at radius 3 is 2.67 bits per heavy atom. The third kappa shape index (κ3) is 2.46. The van der Waals surface area contributed by atoms with E-state index in [9.17, 15) is 4.79 Å². The number of pyridine rings is 1. The summed E-state index contributed by atoms with van der Waals surface area (Å²) in [6, 6.07) is 10.1. The third-order valence-corrected chi connectivity index (χ3v) is 5.25. The fraction of sp³-hybridized carbons (Fsp3) is 0.400. The van der Waals surface area contributed by atoms with E-state index in [1.54, 1.807) is 13.3 Å². The van der Waals surface area contributed by atoms with Crippen LogP contribution in [-0.2, 0) is 6.54 Å². The molecular formula is C20H22N2O2. The van der Waals surface area contributed by atoms with Gasteiger partial charge in [-0.1, -0.05) is 31.4 Å². The Morgan fingerprint density at radius 1 is 1.08 bits per heavy atom. The monoisotopic (exact) mass is 322 g/mol. The van der Waals surface area contributed by atoms with Crippen molar-refractivity contribution in [3.63, 3.8) is 0 Å². The number of nitrogens with zero attached hydrogens (tertiary/aromatic N) is 2. The Hall–Kier alpha value is -2.36. The second-order valence-electron chi connectivity index (χ2n) is 6.61. The van der Waals surface area contributed by atoms with Crippen molar-refractivity contribution in [2.75, 3.05) is 7.11 Å². The molecule has 2 heterocycles. The highest BCUT2D eigenvalue weighted by Gasteiger charge is 2.35. The second-order valence-corrected chi connectivity index (χ2v) is 6.61. The zero-order valence-corrected chi connectivity index (χ0v) is 14.0. The van der Waals surface area contributed by atoms with Crippen molar-refractivity contribution < 1.29 is 9.53 Å². The summed E-state index contributed by atoms with van der Waals surface area (Å²) >= 11 is 0. The lowest BCUT2D eigenvalue weighted by Gasteiger charge is -2.30. The highest BCUT2D eigenvalue weighted by molar-refractivity contribution is 6.00. The maximum Gasteiger partial charge on any atom is 0.254 e. The molecule has 0 saturated heterocycles. The van der Waals surface area contributed by atoms with Crippen molar-refractivity contribution >= 4 is 5.91 Å². The van der Waals surface area contributed by atoms with Gasteiger partial charge in [0, 0.05) is 35.5 Å². The first-order valence-corrected chi connectivity index (χ1v) is 8.72. The van der Waals surface area contributed by atoms with E-state index < -0.39 is 0 Å². The van der Waals surface area contributed by atoms with Crippen LogP contribution in [0.2, 0.25) is 0 Å². The number of carbonyl (C=O) groups is 1. The Labute approximate surface area is 142 Å². The van der Waals surface area contributed by atoms with Gasteiger partial charge in [-0.05, 0) is 31.0 Å². The van der Waals surface area contributed by atoms with E-state index in [0.717, 1.165) is 41.0 Å². The van der Waals surface area contributed by atoms with Crippen LogP contribution in [0.5, 0.6) is 5.75 Å². The van der Waals surface area contributed by atoms with Gasteiger partial charge in [0.25, 0.3) is 5.91 Å². The molecule has 4 nitrogen and oxygen atoms in total. The van der Waals surface area contributed by atoms with E-state index >= 15 is 0 Å². The topological polar surface area (TPSA) is 42.4 Å². The molecule has 0 radical (unpaired) electrons. The van der Waals surface area contributed by atoms with Gasteiger partial charge in [-0.2, -0.15) is 0 Å². The van der Waals surface area contributed by atoms with Crippen LogP contribution in [0.15, 0.2) is 36.5 Å². The van der Waals surface area contributed by atoms with Gasteiger partial charge in [-0.25, -0.2) is 0 Å². The summed E-state index contributed by atoms with van der Waals surface area (Å²) in [4.78, 5) is 19.5. The number of ether oxygens (including phenoxy) is 1. The molecule has 1 fully saturated rings. The molecule has 2 aromatic rings. The summed E-state index contributed by atoms with van der Waals surface area (Å²) in [5.41, 5.74) is 3.67. The van der Waals surface area contributed by atoms with Crippen molar-refractivity contribution in [3.05, 3.63) is 47.7 Å². The van der Waals surface area contributed by atoms with E-state index in [1.807, 2.05) is 30.3 Å². The number of benzene rings is 1. The Balaban J connectivity index is 1.74. The zero-order valence-electron chi connectivity index (χ0n) is 14.0. The standard InChI is InChI=1S/C20H22N2O2/c1-24-18-10-6-5-9-16(18)19-17-13-22(14-7-3-2-4-8-14)20(23)15(17)11-12-21-19/h5-6,9-12,14H,2-4,7-8,13H2,1H3. The second kappa shape index (κ2) is 6.27. The number of methoxy groups -OCH3 is 1. The van der Waals surface area contributed by atoms with Crippen molar-refractivity contribution in [2.24, 2.45) is 0 Å². The van der Waals surface area contributed by atoms with Gasteiger partial charge >= 0.3 is 0 Å². The molecule has 0 bridgehead atoms. The number of hydrogen-bond donors (Lipinski definition) is 0. The first-order valence-electron chi connectivity index (χ1n) is 8.72. The smallest absolute Gasteiger partial charge is 0.254 e. The van der Waals surface area contributed by atoms with Crippen LogP contribution in [0, 0.1) is 0 Å². The lowest BCUT2D eigenvalue weighted by Crippen LogP contribution is -2.36. The van der Waals surface area contributed by atoms with Crippen LogP contribution in [0.1, 0.15) is 48.0 Å². The fourth-order valence-corrected chi connectivity index (χ4v) is 4.01. The number of para-hydroxylation sites is 1. The molecular weight excluding hydrogens is 300 g/mol. The summed E-state index contributed by atoms with van der Waals surface area (Å²) in [6.45, 7) is 0.667. The molecule has 1 amide bonds. The molecule has 1 aromatic heterocycles. The summed E-state index contributed by atoms with van der Waals surface area (Å²) in [5.74, 6) is 0.956. The minimum atomic E-state index is 0.162. The molecule has 1 aliphatic heterocycles. The number of amides is 1. The minimum absolute atomic E-state index is 0.162. The van der Waals surface area contributed by atoms with E-state index in [-0.39, 0.29) is 5.91 Å². The first-order chi connectivity index (χ1) is 11.8. The van der Waals surface area contributed by atoms with Crippen molar-refractivity contribution in [3.8, 4) is 17.0 Å². The number of aromatic nitrogens is 1. The van der Waals surface area contributed by atoms with Gasteiger partial charge < -0.3 is 9.64 Å². The van der Waals surface area contributed by atoms with Gasteiger partial charge in [0.15, 0.2) is 0 Å². The number of rotatable bonds is 3. The quantitative estimate of drug-likeness (QED) is 0.856. The maximum atomic E-state index is 12.9. The minimum Gasteiger partial charge on any atom is -0.496 e. The summed E-state index contributed by atoms with van der Waals surface area (Å²) in [6.07, 6.45) is 7.72. The summed E-state index contributed by atoms with van der Waals surface area (Å²) < 4.78 is 5.49. The maximum absolute atomic E-state index is 12.9. The summed E-state index contributed by atoms with van der Waals surface area (Å²) in [5, 5.41) is 0. The van der Waals surface area contributed by atoms with Crippen LogP contribution < -0.4 is 4.74 Å². The molecule has 1 aromatic carbocycles. The predicted molar refractivity (Wildman–Crippen MR) is 93.0 cm³/mol. The molecule has 0 spiro atoms. The number of carbonyl (C=O) groups excluding carboxylic acids is 1. The van der Waals surface area contributed by atoms with Gasteiger partial charge in [0.1, 0.15) is 5.75 Å². The normalized spacial score (nSPS) is 17.9. The van der Waals surface area contributed by atoms with Crippen LogP contribution in [-0.4, -0.2) is 28.9 Å². The lowest BCUT2D eigenvalue weighted by molar-refractivity contribution is 0.0660. The molecule has 4 heteroatoms. The van der Waals surface area contributed by atoms with Crippen LogP contribution in [0.4, 0.5) is 0 Å². The zero-order chi connectivity index (χ0) is 16.5. The fourth-order valence-electron chi connectivity index (χ4n) is 4.01. The molecule has 2 aliphatic rings. The van der Waals surface area contributed by atoms with Gasteiger partial charge in [-0.3, -0.25) is 9.78 Å². The Kier molecular flexibility index (Phi) is 3.97. The first kappa shape index (κ1) is 15.2. The van der Waals surface area contributed by atoms with E-state index in [1.165, 1.54) is 19.3 Å². The molecule has 0 atom stereocenters. The average Bonchev–Trinajstić information content (AvgIpc) is 2.99. The van der Waals surface area contributed by atoms with E-state index in [2.05, 4.69) is 9.88 Å². The van der Waals surface area contributed by atoms with Crippen molar-refractivity contribution in [1.82, 2.24) is 9.88 Å². The SMILES string of the molecule is COc1ccccc1-c1nccc2c1CN(C1CCCCC1)C2=O. The van der Waals surface area contributed by atoms with Gasteiger partial charge in [-0.15, -0.1) is 0 Å². The van der Waals surface area contributed by atoms with E-state index in [4.69, 9.17) is 4.74 Å². The Morgan fingerprint density at radius 2 is 1.88 bits per heavy atom. The highest BCUT2D eigenvalue weighted by atomic mass is 16.5. The Bertz CT molecular complexity index is 766. The molecule has 0 N–H and O–H groups in total. The van der Waals surface area contributed by atoms with Crippen LogP contribution >= 0.6 is 0 Å². The predicted octanol–water partition coefficient (Wildman–Crippen LogP) is 4.05. The molecule has 0 unspecified atom stereocenters. The molecule has 1 saturated carbocycles. The van der Waals surface area contributed by atoms with Crippen molar-refractivity contribution in [2.45, 2.75) is 44.7 Å². The number of fused-ring (bicyclic) bond motifs is 1. The van der Waals surface area contributed by atoms with E-state index in [0.29, 0.717) is 12.6 Å². The third-order valence-electron chi connectivity index (χ3n) is 5.25. The molecule has 124 valence electrons. The van der Waals surface area contributed by atoms with Gasteiger partial charge in [0.05, 0.1) is 12.8 Å². The molecule has 1 aliphatic carbocycles.